The third-order valence-electron chi connectivity index (χ3n) is 3.62. The maximum Gasteiger partial charge on any atom is 0.167 e. The summed E-state index contributed by atoms with van der Waals surface area (Å²) < 4.78 is 14.1. The summed E-state index contributed by atoms with van der Waals surface area (Å²) in [6.45, 7) is 1.60. The first kappa shape index (κ1) is 17.3. The molecule has 0 saturated heterocycles. The number of benzene rings is 1. The van der Waals surface area contributed by atoms with E-state index >= 15 is 0 Å². The molecule has 0 unspecified atom stereocenters. The lowest BCUT2D eigenvalue weighted by molar-refractivity contribution is 0.425. The molecule has 0 fully saturated rings. The Balaban J connectivity index is 2.00. The van der Waals surface area contributed by atoms with Crippen LogP contribution < -0.4 is 11.1 Å². The second-order valence-electron chi connectivity index (χ2n) is 5.85. The molecule has 8 heteroatoms. The molecule has 0 atom stereocenters. The smallest absolute Gasteiger partial charge is 0.167 e. The fourth-order valence-corrected chi connectivity index (χ4v) is 2.50. The highest BCUT2D eigenvalue weighted by Crippen LogP contribution is 2.27. The Morgan fingerprint density at radius 2 is 1.96 bits per heavy atom. The molecule has 0 aliphatic rings. The molecule has 0 saturated carbocycles. The summed E-state index contributed by atoms with van der Waals surface area (Å²) in [6.07, 6.45) is 0. The first-order chi connectivity index (χ1) is 11.9. The zero-order chi connectivity index (χ0) is 18.0. The number of likely N-dealkylation sites (N-methyl/N-ethyl adjacent to an activating group) is 1. The van der Waals surface area contributed by atoms with Crippen molar-refractivity contribution in [1.29, 1.82) is 0 Å². The Hall–Kier alpha value is -2.51. The predicted molar refractivity (Wildman–Crippen MR) is 99.2 cm³/mol. The monoisotopic (exact) mass is 360 g/mol. The van der Waals surface area contributed by atoms with Crippen molar-refractivity contribution >= 4 is 34.3 Å². The Labute approximate surface area is 149 Å². The number of hydrogen-bond acceptors (Lipinski definition) is 6. The number of hydrogen-bond donors (Lipinski definition) is 2. The van der Waals surface area contributed by atoms with Gasteiger partial charge in [-0.15, -0.1) is 0 Å². The second-order valence-corrected chi connectivity index (χ2v) is 6.29. The summed E-state index contributed by atoms with van der Waals surface area (Å²) in [7, 11) is 3.99. The van der Waals surface area contributed by atoms with Gasteiger partial charge in [-0.05, 0) is 44.4 Å². The minimum Gasteiger partial charge on any atom is -0.383 e. The van der Waals surface area contributed by atoms with Crippen LogP contribution in [0.4, 0.5) is 16.0 Å². The number of nitrogen functional groups attached to an aromatic ring is 1. The number of anilines is 2. The van der Waals surface area contributed by atoms with Crippen LogP contribution in [-0.4, -0.2) is 47.0 Å². The van der Waals surface area contributed by atoms with Crippen LogP contribution in [0.5, 0.6) is 0 Å². The molecular weight excluding hydrogens is 343 g/mol. The average molecular weight is 361 g/mol. The fraction of sp³-hybridized carbons (Fsp3) is 0.235. The van der Waals surface area contributed by atoms with E-state index in [2.05, 4.69) is 25.2 Å². The SMILES string of the molecule is CN(C)CCNc1ccc2c(N)nc(-c3cc(Cl)ccc3F)nc2n1. The molecule has 0 spiro atoms. The molecule has 3 N–H and O–H groups in total. The van der Waals surface area contributed by atoms with Gasteiger partial charge in [0.1, 0.15) is 17.5 Å². The molecule has 2 aromatic heterocycles. The number of rotatable bonds is 5. The quantitative estimate of drug-likeness (QED) is 0.728. The summed E-state index contributed by atoms with van der Waals surface area (Å²) in [5.74, 6) is 0.600. The minimum absolute atomic E-state index is 0.156. The molecule has 0 bridgehead atoms. The van der Waals surface area contributed by atoms with E-state index in [1.807, 2.05) is 20.2 Å². The predicted octanol–water partition coefficient (Wildman–Crippen LogP) is 3.04. The van der Waals surface area contributed by atoms with Gasteiger partial charge in [-0.25, -0.2) is 19.3 Å². The van der Waals surface area contributed by atoms with Crippen molar-refractivity contribution in [2.24, 2.45) is 0 Å². The van der Waals surface area contributed by atoms with Gasteiger partial charge in [0.05, 0.1) is 10.9 Å². The normalized spacial score (nSPS) is 11.2. The van der Waals surface area contributed by atoms with Crippen LogP contribution in [0.25, 0.3) is 22.4 Å². The third kappa shape index (κ3) is 3.94. The van der Waals surface area contributed by atoms with Crippen LogP contribution in [0.15, 0.2) is 30.3 Å². The largest absolute Gasteiger partial charge is 0.383 e. The van der Waals surface area contributed by atoms with E-state index in [9.17, 15) is 4.39 Å². The molecule has 25 heavy (non-hydrogen) atoms. The van der Waals surface area contributed by atoms with E-state index in [0.29, 0.717) is 21.9 Å². The zero-order valence-electron chi connectivity index (χ0n) is 13.9. The van der Waals surface area contributed by atoms with E-state index in [0.717, 1.165) is 13.1 Å². The van der Waals surface area contributed by atoms with Crippen LogP contribution in [-0.2, 0) is 0 Å². The van der Waals surface area contributed by atoms with Crippen molar-refractivity contribution in [3.8, 4) is 11.4 Å². The Morgan fingerprint density at radius 3 is 2.72 bits per heavy atom. The van der Waals surface area contributed by atoms with Gasteiger partial charge in [-0.3, -0.25) is 0 Å². The lowest BCUT2D eigenvalue weighted by atomic mass is 10.2. The molecule has 6 nitrogen and oxygen atoms in total. The van der Waals surface area contributed by atoms with Gasteiger partial charge in [-0.1, -0.05) is 11.6 Å². The summed E-state index contributed by atoms with van der Waals surface area (Å²) in [6, 6.07) is 7.83. The van der Waals surface area contributed by atoms with Gasteiger partial charge in [0, 0.05) is 18.1 Å². The Kier molecular flexibility index (Phi) is 4.96. The van der Waals surface area contributed by atoms with Crippen LogP contribution >= 0.6 is 11.6 Å². The van der Waals surface area contributed by atoms with Gasteiger partial charge in [0.25, 0.3) is 0 Å². The molecule has 0 amide bonds. The van der Waals surface area contributed by atoms with E-state index in [1.54, 1.807) is 6.07 Å². The van der Waals surface area contributed by atoms with Gasteiger partial charge in [0.15, 0.2) is 11.5 Å². The number of nitrogens with zero attached hydrogens (tertiary/aromatic N) is 4. The topological polar surface area (TPSA) is 80.0 Å². The van der Waals surface area contributed by atoms with Crippen molar-refractivity contribution in [3.63, 3.8) is 0 Å². The average Bonchev–Trinajstić information content (AvgIpc) is 2.56. The molecule has 130 valence electrons. The molecule has 0 radical (unpaired) electrons. The van der Waals surface area contributed by atoms with Crippen molar-refractivity contribution in [3.05, 3.63) is 41.2 Å². The molecule has 3 aromatic rings. The summed E-state index contributed by atoms with van der Waals surface area (Å²) in [5, 5.41) is 4.23. The lowest BCUT2D eigenvalue weighted by Gasteiger charge is -2.11. The Morgan fingerprint density at radius 1 is 1.16 bits per heavy atom. The van der Waals surface area contributed by atoms with Crippen LogP contribution in [0.1, 0.15) is 0 Å². The standard InChI is InChI=1S/C17H18ClFN6/c1-25(2)8-7-21-14-6-4-11-15(20)23-17(24-16(11)22-14)12-9-10(18)3-5-13(12)19/h3-6,9H,7-8H2,1-2H3,(H3,20,21,22,23,24). The van der Waals surface area contributed by atoms with Crippen LogP contribution in [0, 0.1) is 5.82 Å². The fourth-order valence-electron chi connectivity index (χ4n) is 2.33. The van der Waals surface area contributed by atoms with Crippen molar-refractivity contribution < 1.29 is 4.39 Å². The number of nitrogens with one attached hydrogen (secondary N) is 1. The lowest BCUT2D eigenvalue weighted by Crippen LogP contribution is -2.21. The Bertz CT molecular complexity index is 915. The summed E-state index contributed by atoms with van der Waals surface area (Å²) in [5.41, 5.74) is 6.59. The highest BCUT2D eigenvalue weighted by molar-refractivity contribution is 6.30. The molecule has 0 aliphatic heterocycles. The maximum absolute atomic E-state index is 14.1. The van der Waals surface area contributed by atoms with E-state index in [1.165, 1.54) is 18.2 Å². The number of fused-ring (bicyclic) bond motifs is 1. The highest BCUT2D eigenvalue weighted by Gasteiger charge is 2.13. The number of aromatic nitrogens is 3. The van der Waals surface area contributed by atoms with Gasteiger partial charge < -0.3 is 16.0 Å². The number of pyridine rings is 1. The van der Waals surface area contributed by atoms with Gasteiger partial charge >= 0.3 is 0 Å². The van der Waals surface area contributed by atoms with E-state index in [4.69, 9.17) is 17.3 Å². The highest BCUT2D eigenvalue weighted by atomic mass is 35.5. The second kappa shape index (κ2) is 7.16. The summed E-state index contributed by atoms with van der Waals surface area (Å²) in [4.78, 5) is 15.1. The van der Waals surface area contributed by atoms with Crippen LogP contribution in [0.3, 0.4) is 0 Å². The first-order valence-corrected chi connectivity index (χ1v) is 8.10. The zero-order valence-corrected chi connectivity index (χ0v) is 14.7. The van der Waals surface area contributed by atoms with Crippen molar-refractivity contribution in [1.82, 2.24) is 19.9 Å². The van der Waals surface area contributed by atoms with Crippen molar-refractivity contribution in [2.75, 3.05) is 38.2 Å². The van der Waals surface area contributed by atoms with E-state index < -0.39 is 5.82 Å². The summed E-state index contributed by atoms with van der Waals surface area (Å²) >= 11 is 5.95. The van der Waals surface area contributed by atoms with E-state index in [-0.39, 0.29) is 17.2 Å². The minimum atomic E-state index is -0.469. The molecule has 2 heterocycles. The first-order valence-electron chi connectivity index (χ1n) is 7.72. The van der Waals surface area contributed by atoms with Crippen molar-refractivity contribution in [2.45, 2.75) is 0 Å². The number of halogens is 2. The molecule has 0 aliphatic carbocycles. The molecule has 3 rings (SSSR count). The molecule has 1 aromatic carbocycles. The van der Waals surface area contributed by atoms with Crippen LogP contribution in [0.2, 0.25) is 5.02 Å². The van der Waals surface area contributed by atoms with Gasteiger partial charge in [-0.2, -0.15) is 0 Å². The maximum atomic E-state index is 14.1. The third-order valence-corrected chi connectivity index (χ3v) is 3.86. The molecular formula is C17H18ClFN6. The number of nitrogens with two attached hydrogens (primary N) is 1. The van der Waals surface area contributed by atoms with Gasteiger partial charge in [0.2, 0.25) is 0 Å².